The lowest BCUT2D eigenvalue weighted by atomic mass is 10.7. The van der Waals surface area contributed by atoms with Crippen LogP contribution < -0.4 is 0 Å². The molecule has 0 saturated carbocycles. The molecule has 0 radical (unpaired) electrons. The average molecular weight is 113 g/mol. The van der Waals surface area contributed by atoms with Crippen molar-refractivity contribution >= 4 is 12.3 Å². The molecule has 0 atom stereocenters. The highest BCUT2D eigenvalue weighted by molar-refractivity contribution is 5.68. The van der Waals surface area contributed by atoms with Gasteiger partial charge in [0, 0.05) is 6.21 Å². The highest BCUT2D eigenvalue weighted by atomic mass is 16.6. The summed E-state index contributed by atoms with van der Waals surface area (Å²) in [4.78, 5) is 10.4. The van der Waals surface area contributed by atoms with Crippen LogP contribution in [0.2, 0.25) is 0 Å². The van der Waals surface area contributed by atoms with Crippen LogP contribution in [0.15, 0.2) is 0 Å². The van der Waals surface area contributed by atoms with Crippen molar-refractivity contribution < 1.29 is 14.1 Å². The first-order chi connectivity index (χ1) is 3.84. The lowest BCUT2D eigenvalue weighted by molar-refractivity contribution is -0.407. The predicted molar refractivity (Wildman–Crippen MR) is 27.9 cm³/mol. The number of carbonyl (C=O) groups excluding carboxylic acids is 1. The van der Waals surface area contributed by atoms with E-state index in [1.54, 1.807) is 0 Å². The maximum absolute atomic E-state index is 10.4. The van der Waals surface area contributed by atoms with Gasteiger partial charge in [0.25, 0.3) is 0 Å². The first kappa shape index (κ1) is 5.15. The number of ether oxygens (including phenoxy) is 1. The fourth-order valence-corrected chi connectivity index (χ4v) is 0.571. The van der Waals surface area contributed by atoms with E-state index in [4.69, 9.17) is 0 Å². The summed E-state index contributed by atoms with van der Waals surface area (Å²) in [6.07, 6.45) is 1.18. The molecule has 1 rings (SSSR count). The van der Waals surface area contributed by atoms with Gasteiger partial charge in [0.1, 0.15) is 0 Å². The molecular formula is C5H7NO2. The topological polar surface area (TPSA) is 29.3 Å². The van der Waals surface area contributed by atoms with E-state index < -0.39 is 0 Å². The molecule has 44 valence electrons. The molecule has 1 heterocycles. The van der Waals surface area contributed by atoms with Crippen LogP contribution in [0.1, 0.15) is 0 Å². The average Bonchev–Trinajstić information content (AvgIpc) is 2.14. The minimum atomic E-state index is -0.292. The van der Waals surface area contributed by atoms with E-state index >= 15 is 0 Å². The highest BCUT2D eigenvalue weighted by Crippen LogP contribution is 1.92. The Balaban J connectivity index is 2.69. The van der Waals surface area contributed by atoms with E-state index in [9.17, 15) is 4.79 Å². The molecular weight excluding hydrogens is 106 g/mol. The van der Waals surface area contributed by atoms with Gasteiger partial charge in [0.15, 0.2) is 13.2 Å². The van der Waals surface area contributed by atoms with Crippen molar-refractivity contribution in [1.82, 2.24) is 0 Å². The quantitative estimate of drug-likeness (QED) is 0.328. The van der Waals surface area contributed by atoms with Crippen molar-refractivity contribution in [2.75, 3.05) is 13.2 Å². The zero-order chi connectivity index (χ0) is 5.98. The van der Waals surface area contributed by atoms with Gasteiger partial charge >= 0.3 is 6.09 Å². The van der Waals surface area contributed by atoms with Gasteiger partial charge in [-0.2, -0.15) is 9.37 Å². The molecule has 0 aromatic heterocycles. The van der Waals surface area contributed by atoms with Crippen molar-refractivity contribution in [2.24, 2.45) is 0 Å². The van der Waals surface area contributed by atoms with Gasteiger partial charge in [-0.3, -0.25) is 0 Å². The molecule has 3 nitrogen and oxygen atoms in total. The SMILES string of the molecule is [CH2-]/C=[N+]1\CCOC1=O. The van der Waals surface area contributed by atoms with Crippen LogP contribution >= 0.6 is 0 Å². The largest absolute Gasteiger partial charge is 0.594 e. The summed E-state index contributed by atoms with van der Waals surface area (Å²) in [5.41, 5.74) is 0. The summed E-state index contributed by atoms with van der Waals surface area (Å²) >= 11 is 0. The highest BCUT2D eigenvalue weighted by Gasteiger charge is 2.24. The van der Waals surface area contributed by atoms with E-state index in [-0.39, 0.29) is 6.09 Å². The maximum atomic E-state index is 10.4. The standard InChI is InChI=1S/C5H7NO2/c1-2-6-3-4-8-5(6)7/h2H,1,3-4H2/b6-2+. The zero-order valence-corrected chi connectivity index (χ0v) is 4.46. The van der Waals surface area contributed by atoms with Crippen molar-refractivity contribution in [3.8, 4) is 0 Å². The van der Waals surface area contributed by atoms with Crippen LogP contribution in [0, 0.1) is 6.92 Å². The molecule has 0 aromatic carbocycles. The number of hydrogen-bond acceptors (Lipinski definition) is 2. The Bertz CT molecular complexity index is 139. The summed E-state index contributed by atoms with van der Waals surface area (Å²) in [6, 6.07) is 0. The molecule has 1 aliphatic rings. The molecule has 0 aliphatic carbocycles. The number of hydrogen-bond donors (Lipinski definition) is 0. The Morgan fingerprint density at radius 2 is 2.62 bits per heavy atom. The summed E-state index contributed by atoms with van der Waals surface area (Å²) in [6.45, 7) is 4.55. The third-order valence-electron chi connectivity index (χ3n) is 1.01. The second-order valence-corrected chi connectivity index (χ2v) is 1.49. The Kier molecular flexibility index (Phi) is 1.20. The lowest BCUT2D eigenvalue weighted by Gasteiger charge is -1.81. The third kappa shape index (κ3) is 0.665. The molecule has 0 bridgehead atoms. The summed E-state index contributed by atoms with van der Waals surface area (Å²) in [5, 5.41) is 0. The van der Waals surface area contributed by atoms with Gasteiger partial charge in [-0.05, 0) is 0 Å². The zero-order valence-electron chi connectivity index (χ0n) is 4.46. The molecule has 8 heavy (non-hydrogen) atoms. The van der Waals surface area contributed by atoms with Crippen LogP contribution in [0.25, 0.3) is 0 Å². The van der Waals surface area contributed by atoms with E-state index in [0.29, 0.717) is 13.2 Å². The summed E-state index contributed by atoms with van der Waals surface area (Å²) in [7, 11) is 0. The molecule has 3 heteroatoms. The van der Waals surface area contributed by atoms with Gasteiger partial charge in [-0.25, -0.2) is 0 Å². The van der Waals surface area contributed by atoms with E-state index in [1.165, 1.54) is 10.8 Å². The minimum absolute atomic E-state index is 0.292. The van der Waals surface area contributed by atoms with E-state index in [0.717, 1.165) is 0 Å². The van der Waals surface area contributed by atoms with Crippen LogP contribution in [0.4, 0.5) is 4.79 Å². The van der Waals surface area contributed by atoms with Gasteiger partial charge in [-0.1, -0.05) is 0 Å². The molecule has 0 N–H and O–H groups in total. The Labute approximate surface area is 47.6 Å². The molecule has 1 saturated heterocycles. The van der Waals surface area contributed by atoms with Crippen LogP contribution in [0.5, 0.6) is 0 Å². The van der Waals surface area contributed by atoms with Crippen LogP contribution in [-0.2, 0) is 4.74 Å². The Hall–Kier alpha value is -0.990. The number of rotatable bonds is 0. The number of carbonyl (C=O) groups is 1. The second-order valence-electron chi connectivity index (χ2n) is 1.49. The maximum Gasteiger partial charge on any atom is 0.594 e. The molecule has 1 aliphatic heterocycles. The number of cyclic esters (lactones) is 1. The fourth-order valence-electron chi connectivity index (χ4n) is 0.571. The minimum Gasteiger partial charge on any atom is -0.405 e. The predicted octanol–water partition coefficient (Wildman–Crippen LogP) is 0.0540. The van der Waals surface area contributed by atoms with Crippen molar-refractivity contribution in [2.45, 2.75) is 0 Å². The van der Waals surface area contributed by atoms with Gasteiger partial charge in [0.2, 0.25) is 0 Å². The molecule has 1 fully saturated rings. The van der Waals surface area contributed by atoms with Gasteiger partial charge < -0.3 is 11.7 Å². The second kappa shape index (κ2) is 1.86. The Morgan fingerprint density at radius 1 is 1.88 bits per heavy atom. The van der Waals surface area contributed by atoms with Gasteiger partial charge in [0.05, 0.1) is 0 Å². The third-order valence-corrected chi connectivity index (χ3v) is 1.01. The van der Waals surface area contributed by atoms with Crippen LogP contribution in [-0.4, -0.2) is 30.0 Å². The van der Waals surface area contributed by atoms with E-state index in [2.05, 4.69) is 11.7 Å². The smallest absolute Gasteiger partial charge is 0.405 e. The monoisotopic (exact) mass is 113 g/mol. The van der Waals surface area contributed by atoms with Crippen molar-refractivity contribution in [1.29, 1.82) is 0 Å². The first-order valence-corrected chi connectivity index (χ1v) is 2.40. The number of amides is 1. The summed E-state index contributed by atoms with van der Waals surface area (Å²) < 4.78 is 6.00. The molecule has 0 aromatic rings. The van der Waals surface area contributed by atoms with Crippen LogP contribution in [0.3, 0.4) is 0 Å². The fraction of sp³-hybridized carbons (Fsp3) is 0.400. The summed E-state index contributed by atoms with van der Waals surface area (Å²) in [5.74, 6) is 0. The van der Waals surface area contributed by atoms with E-state index in [1.807, 2.05) is 0 Å². The van der Waals surface area contributed by atoms with Crippen molar-refractivity contribution in [3.63, 3.8) is 0 Å². The molecule has 0 unspecified atom stereocenters. The molecule has 0 spiro atoms. The normalized spacial score (nSPS) is 24.0. The number of nitrogens with zero attached hydrogens (tertiary/aromatic N) is 1. The van der Waals surface area contributed by atoms with Crippen molar-refractivity contribution in [3.05, 3.63) is 6.92 Å². The van der Waals surface area contributed by atoms with Gasteiger partial charge in [-0.15, -0.1) is 0 Å². The Morgan fingerprint density at radius 3 is 2.88 bits per heavy atom. The molecule has 1 amide bonds. The first-order valence-electron chi connectivity index (χ1n) is 2.40. The lowest BCUT2D eigenvalue weighted by Crippen LogP contribution is -2.11.